The third-order valence-corrected chi connectivity index (χ3v) is 6.75. The van der Waals surface area contributed by atoms with Crippen molar-refractivity contribution in [1.82, 2.24) is 24.2 Å². The molecule has 0 unspecified atom stereocenters. The molecule has 0 atom stereocenters. The smallest absolute Gasteiger partial charge is 0.374 e. The lowest BCUT2D eigenvalue weighted by Crippen LogP contribution is -2.50. The number of carbonyl (C=O) groups is 2. The number of sulfonamides is 1. The van der Waals surface area contributed by atoms with Gasteiger partial charge in [0.25, 0.3) is 15.9 Å². The molecule has 34 heavy (non-hydrogen) atoms. The molecule has 0 spiro atoms. The minimum Gasteiger partial charge on any atom is -0.460 e. The van der Waals surface area contributed by atoms with Gasteiger partial charge in [0, 0.05) is 39.4 Å². The first-order valence-corrected chi connectivity index (χ1v) is 12.4. The summed E-state index contributed by atoms with van der Waals surface area (Å²) in [6.07, 6.45) is 1.01. The lowest BCUT2D eigenvalue weighted by atomic mass is 10.3. The first-order valence-electron chi connectivity index (χ1n) is 11.0. The Morgan fingerprint density at radius 1 is 1.06 bits per heavy atom. The SMILES string of the molecule is CCOC(=O)c1ccc(S(=O)(=O)N2CCN(C(=O)c3cn(CC(OCC)OCC)nn3)CC2)o1. The number of hydrogen-bond acceptors (Lipinski definition) is 10. The van der Waals surface area contributed by atoms with Gasteiger partial charge in [0.15, 0.2) is 12.0 Å². The highest BCUT2D eigenvalue weighted by Gasteiger charge is 2.33. The monoisotopic (exact) mass is 499 g/mol. The van der Waals surface area contributed by atoms with Crippen molar-refractivity contribution >= 4 is 21.9 Å². The van der Waals surface area contributed by atoms with Crippen LogP contribution in [-0.2, 0) is 30.8 Å². The first kappa shape index (κ1) is 25.8. The highest BCUT2D eigenvalue weighted by molar-refractivity contribution is 7.89. The lowest BCUT2D eigenvalue weighted by molar-refractivity contribution is -0.145. The number of piperazine rings is 1. The van der Waals surface area contributed by atoms with E-state index in [2.05, 4.69) is 10.3 Å². The number of nitrogens with zero attached hydrogens (tertiary/aromatic N) is 5. The second kappa shape index (κ2) is 11.6. The molecule has 0 aliphatic carbocycles. The van der Waals surface area contributed by atoms with Crippen LogP contribution in [0.4, 0.5) is 0 Å². The predicted molar refractivity (Wildman–Crippen MR) is 116 cm³/mol. The quantitative estimate of drug-likeness (QED) is 0.318. The number of carbonyl (C=O) groups excluding carboxylic acids is 2. The van der Waals surface area contributed by atoms with Crippen molar-refractivity contribution in [2.24, 2.45) is 0 Å². The van der Waals surface area contributed by atoms with Gasteiger partial charge < -0.3 is 23.5 Å². The topological polar surface area (TPSA) is 146 Å². The summed E-state index contributed by atoms with van der Waals surface area (Å²) in [4.78, 5) is 26.1. The fourth-order valence-corrected chi connectivity index (χ4v) is 4.69. The van der Waals surface area contributed by atoms with E-state index in [-0.39, 0.29) is 61.8 Å². The summed E-state index contributed by atoms with van der Waals surface area (Å²) in [6.45, 7) is 7.17. The molecule has 2 aromatic heterocycles. The Bertz CT molecular complexity index is 1070. The molecule has 1 fully saturated rings. The van der Waals surface area contributed by atoms with Gasteiger partial charge in [-0.1, -0.05) is 5.21 Å². The lowest BCUT2D eigenvalue weighted by Gasteiger charge is -2.32. The van der Waals surface area contributed by atoms with Gasteiger partial charge in [-0.3, -0.25) is 4.79 Å². The molecule has 1 amide bonds. The molecule has 3 heterocycles. The molecule has 0 aromatic carbocycles. The van der Waals surface area contributed by atoms with E-state index in [1.807, 2.05) is 13.8 Å². The second-order valence-electron chi connectivity index (χ2n) is 7.20. The Hall–Kier alpha value is -2.81. The van der Waals surface area contributed by atoms with E-state index in [4.69, 9.17) is 18.6 Å². The Morgan fingerprint density at radius 2 is 1.74 bits per heavy atom. The molecule has 0 N–H and O–H groups in total. The molecular weight excluding hydrogens is 470 g/mol. The van der Waals surface area contributed by atoms with Gasteiger partial charge in [-0.05, 0) is 32.9 Å². The average Bonchev–Trinajstić information content (AvgIpc) is 3.50. The van der Waals surface area contributed by atoms with E-state index in [0.717, 1.165) is 0 Å². The van der Waals surface area contributed by atoms with Gasteiger partial charge in [0.1, 0.15) is 0 Å². The van der Waals surface area contributed by atoms with Crippen LogP contribution in [0.3, 0.4) is 0 Å². The molecule has 14 heteroatoms. The van der Waals surface area contributed by atoms with E-state index in [0.29, 0.717) is 13.2 Å². The minimum absolute atomic E-state index is 0.0639. The summed E-state index contributed by atoms with van der Waals surface area (Å²) in [5.74, 6) is -1.27. The number of hydrogen-bond donors (Lipinski definition) is 0. The highest BCUT2D eigenvalue weighted by atomic mass is 32.2. The summed E-state index contributed by atoms with van der Waals surface area (Å²) >= 11 is 0. The van der Waals surface area contributed by atoms with Gasteiger partial charge in [-0.2, -0.15) is 4.31 Å². The van der Waals surface area contributed by atoms with E-state index >= 15 is 0 Å². The number of ether oxygens (including phenoxy) is 3. The van der Waals surface area contributed by atoms with Crippen LogP contribution in [0.25, 0.3) is 0 Å². The van der Waals surface area contributed by atoms with Crippen molar-refractivity contribution in [3.8, 4) is 0 Å². The number of rotatable bonds is 11. The van der Waals surface area contributed by atoms with Crippen molar-refractivity contribution in [2.45, 2.75) is 38.7 Å². The average molecular weight is 500 g/mol. The number of aromatic nitrogens is 3. The molecule has 0 radical (unpaired) electrons. The third-order valence-electron chi connectivity index (χ3n) is 4.98. The maximum atomic E-state index is 12.9. The van der Waals surface area contributed by atoms with Gasteiger partial charge >= 0.3 is 5.97 Å². The Balaban J connectivity index is 1.59. The van der Waals surface area contributed by atoms with Crippen molar-refractivity contribution in [3.05, 3.63) is 29.8 Å². The minimum atomic E-state index is -3.96. The summed E-state index contributed by atoms with van der Waals surface area (Å²) in [7, 11) is -3.96. The molecule has 0 saturated carbocycles. The summed E-state index contributed by atoms with van der Waals surface area (Å²) in [6, 6.07) is 2.48. The van der Waals surface area contributed by atoms with Crippen LogP contribution in [0.1, 0.15) is 41.8 Å². The molecule has 3 rings (SSSR count). The van der Waals surface area contributed by atoms with E-state index in [1.54, 1.807) is 6.92 Å². The zero-order valence-corrected chi connectivity index (χ0v) is 20.2. The molecule has 1 saturated heterocycles. The van der Waals surface area contributed by atoms with Crippen molar-refractivity contribution in [3.63, 3.8) is 0 Å². The van der Waals surface area contributed by atoms with E-state index < -0.39 is 22.3 Å². The normalized spacial score (nSPS) is 15.1. The maximum Gasteiger partial charge on any atom is 0.374 e. The molecule has 188 valence electrons. The van der Waals surface area contributed by atoms with Crippen LogP contribution in [0.2, 0.25) is 0 Å². The van der Waals surface area contributed by atoms with Crippen molar-refractivity contribution in [1.29, 1.82) is 0 Å². The van der Waals surface area contributed by atoms with Crippen LogP contribution >= 0.6 is 0 Å². The van der Waals surface area contributed by atoms with Crippen LogP contribution in [0.15, 0.2) is 27.8 Å². The second-order valence-corrected chi connectivity index (χ2v) is 9.07. The predicted octanol–water partition coefficient (Wildman–Crippen LogP) is 0.594. The van der Waals surface area contributed by atoms with Crippen LogP contribution in [0, 0.1) is 0 Å². The number of furan rings is 1. The fraction of sp³-hybridized carbons (Fsp3) is 0.600. The Morgan fingerprint density at radius 3 is 2.35 bits per heavy atom. The highest BCUT2D eigenvalue weighted by Crippen LogP contribution is 2.21. The molecule has 1 aliphatic heterocycles. The Labute approximate surface area is 197 Å². The summed E-state index contributed by atoms with van der Waals surface area (Å²) in [5, 5.41) is 7.55. The molecule has 0 bridgehead atoms. The van der Waals surface area contributed by atoms with Gasteiger partial charge in [0.05, 0.1) is 19.3 Å². The molecule has 13 nitrogen and oxygen atoms in total. The zero-order valence-electron chi connectivity index (χ0n) is 19.4. The first-order chi connectivity index (χ1) is 16.3. The number of esters is 1. The summed E-state index contributed by atoms with van der Waals surface area (Å²) < 4.78 is 49.4. The van der Waals surface area contributed by atoms with E-state index in [1.165, 1.54) is 32.2 Å². The van der Waals surface area contributed by atoms with Gasteiger partial charge in [-0.15, -0.1) is 5.10 Å². The van der Waals surface area contributed by atoms with E-state index in [9.17, 15) is 18.0 Å². The maximum absolute atomic E-state index is 12.9. The largest absolute Gasteiger partial charge is 0.460 e. The standard InChI is InChI=1S/C20H29N5O8S/c1-4-30-17(31-5-2)14-24-13-15(21-22-24)19(26)23-9-11-25(12-10-23)34(28,29)18-8-7-16(33-18)20(27)32-6-3/h7-8,13,17H,4-6,9-12,14H2,1-3H3. The van der Waals surface area contributed by atoms with Gasteiger partial charge in [-0.25, -0.2) is 17.9 Å². The zero-order chi connectivity index (χ0) is 24.7. The molecule has 2 aromatic rings. The van der Waals surface area contributed by atoms with Gasteiger partial charge in [0.2, 0.25) is 10.9 Å². The Kier molecular flexibility index (Phi) is 8.77. The number of amides is 1. The van der Waals surface area contributed by atoms with Crippen molar-refractivity contribution < 1.29 is 36.6 Å². The molecular formula is C20H29N5O8S. The van der Waals surface area contributed by atoms with Crippen LogP contribution in [0.5, 0.6) is 0 Å². The van der Waals surface area contributed by atoms with Crippen LogP contribution < -0.4 is 0 Å². The van der Waals surface area contributed by atoms with Crippen LogP contribution in [-0.4, -0.2) is 96.8 Å². The van der Waals surface area contributed by atoms with Crippen molar-refractivity contribution in [2.75, 3.05) is 46.0 Å². The summed E-state index contributed by atoms with van der Waals surface area (Å²) in [5.41, 5.74) is 0.146. The molecule has 1 aliphatic rings. The fourth-order valence-electron chi connectivity index (χ4n) is 3.36. The third kappa shape index (κ3) is 6.00.